The first kappa shape index (κ1) is 27.3. The first-order valence-electron chi connectivity index (χ1n) is 13.0. The Morgan fingerprint density at radius 2 is 1.35 bits per heavy atom. The molecule has 0 radical (unpaired) electrons. The number of fused-ring (bicyclic) bond motifs is 3. The summed E-state index contributed by atoms with van der Waals surface area (Å²) < 4.78 is 23.7. The van der Waals surface area contributed by atoms with E-state index >= 15 is 0 Å². The van der Waals surface area contributed by atoms with Gasteiger partial charge in [0.15, 0.2) is 5.78 Å². The third-order valence-corrected chi connectivity index (χ3v) is 9.66. The van der Waals surface area contributed by atoms with Crippen molar-refractivity contribution >= 4 is 29.7 Å². The monoisotopic (exact) mass is 518 g/mol. The molecule has 0 heterocycles. The molecular formula is C28H38O9. The van der Waals surface area contributed by atoms with Crippen LogP contribution in [0.15, 0.2) is 12.2 Å². The molecule has 2 bridgehead atoms. The van der Waals surface area contributed by atoms with Crippen LogP contribution in [-0.4, -0.2) is 54.1 Å². The average Bonchev–Trinajstić information content (AvgIpc) is 2.87. The lowest BCUT2D eigenvalue weighted by atomic mass is 9.38. The highest BCUT2D eigenvalue weighted by molar-refractivity contribution is 6.05. The smallest absolute Gasteiger partial charge is 0.302 e. The molecule has 0 aromatic heterocycles. The van der Waals surface area contributed by atoms with Crippen molar-refractivity contribution in [3.63, 3.8) is 0 Å². The Morgan fingerprint density at radius 3 is 1.89 bits per heavy atom. The summed E-state index contributed by atoms with van der Waals surface area (Å²) in [5, 5.41) is 0. The molecule has 9 atom stereocenters. The number of Topliss-reactive ketones (excluding diaryl/α,β-unsaturated/α-hetero) is 1. The van der Waals surface area contributed by atoms with Crippen molar-refractivity contribution in [3.05, 3.63) is 12.2 Å². The van der Waals surface area contributed by atoms with E-state index in [0.717, 1.165) is 6.42 Å². The fourth-order valence-electron chi connectivity index (χ4n) is 8.69. The quantitative estimate of drug-likeness (QED) is 0.313. The number of esters is 4. The molecule has 0 aliphatic heterocycles. The zero-order chi connectivity index (χ0) is 27.7. The van der Waals surface area contributed by atoms with Gasteiger partial charge in [-0.25, -0.2) is 0 Å². The van der Waals surface area contributed by atoms with Gasteiger partial charge in [-0.2, -0.15) is 0 Å². The maximum Gasteiger partial charge on any atom is 0.302 e. The molecule has 1 spiro atoms. The third kappa shape index (κ3) is 3.91. The van der Waals surface area contributed by atoms with E-state index in [1.807, 2.05) is 6.92 Å². The van der Waals surface area contributed by atoms with Gasteiger partial charge in [-0.15, -0.1) is 0 Å². The van der Waals surface area contributed by atoms with Crippen LogP contribution in [0.5, 0.6) is 0 Å². The Labute approximate surface area is 217 Å². The summed E-state index contributed by atoms with van der Waals surface area (Å²) >= 11 is 0. The molecule has 204 valence electrons. The first-order chi connectivity index (χ1) is 17.1. The standard InChI is InChI=1S/C28H38O9/c1-13-18-11-19(34-14(2)29)23-27(8)20(26(6,7)10-9-21(27)35-15(3)30)12-22(36-16(4)31)28(23,24(13)33)25(18)37-17(5)32/h18-23,25H,1,9-12H2,2-8H3/t18-,19+,20-,21+,22+,23+,25-,27-,28+/m0/s1. The highest BCUT2D eigenvalue weighted by Gasteiger charge is 2.80. The normalized spacial score (nSPS) is 41.6. The van der Waals surface area contributed by atoms with Crippen molar-refractivity contribution in [2.45, 2.75) is 98.6 Å². The summed E-state index contributed by atoms with van der Waals surface area (Å²) in [6.07, 6.45) is -1.44. The molecule has 0 saturated heterocycles. The predicted octanol–water partition coefficient (Wildman–Crippen LogP) is 3.32. The molecule has 0 aromatic rings. The lowest BCUT2D eigenvalue weighted by molar-refractivity contribution is -0.283. The highest BCUT2D eigenvalue weighted by Crippen LogP contribution is 2.72. The molecule has 4 rings (SSSR count). The van der Waals surface area contributed by atoms with E-state index in [4.69, 9.17) is 18.9 Å². The average molecular weight is 519 g/mol. The topological polar surface area (TPSA) is 122 Å². The fraction of sp³-hybridized carbons (Fsp3) is 0.750. The molecule has 0 aromatic carbocycles. The molecule has 4 aliphatic rings. The Balaban J connectivity index is 2.05. The SMILES string of the molecule is C=C1C(=O)[C@@]23[C@H]([C@H](OC(C)=O)C[C@@H]1[C@@H]2OC(C)=O)[C@]1(C)[C@H](OC(C)=O)CCC(C)(C)[C@@H]1C[C@H]3OC(C)=O. The molecule has 4 fully saturated rings. The summed E-state index contributed by atoms with van der Waals surface area (Å²) in [5.41, 5.74) is -2.41. The summed E-state index contributed by atoms with van der Waals surface area (Å²) in [4.78, 5) is 63.8. The van der Waals surface area contributed by atoms with Crippen LogP contribution in [0.3, 0.4) is 0 Å². The van der Waals surface area contributed by atoms with Crippen molar-refractivity contribution in [2.24, 2.45) is 34.0 Å². The van der Waals surface area contributed by atoms with E-state index in [2.05, 4.69) is 20.4 Å². The minimum absolute atomic E-state index is 0.174. The van der Waals surface area contributed by atoms with Crippen LogP contribution in [-0.2, 0) is 42.9 Å². The lowest BCUT2D eigenvalue weighted by Crippen LogP contribution is -2.74. The first-order valence-corrected chi connectivity index (χ1v) is 13.0. The summed E-state index contributed by atoms with van der Waals surface area (Å²) in [6, 6.07) is 0. The minimum atomic E-state index is -1.53. The maximum absolute atomic E-state index is 14.3. The van der Waals surface area contributed by atoms with E-state index in [9.17, 15) is 24.0 Å². The van der Waals surface area contributed by atoms with Crippen LogP contribution in [0, 0.1) is 34.0 Å². The molecule has 4 aliphatic carbocycles. The van der Waals surface area contributed by atoms with E-state index in [0.29, 0.717) is 12.8 Å². The Kier molecular flexibility index (Phi) is 6.61. The molecule has 0 unspecified atom stereocenters. The van der Waals surface area contributed by atoms with Gasteiger partial charge in [0.2, 0.25) is 0 Å². The van der Waals surface area contributed by atoms with Gasteiger partial charge < -0.3 is 18.9 Å². The van der Waals surface area contributed by atoms with Crippen LogP contribution in [0.4, 0.5) is 0 Å². The second-order valence-electron chi connectivity index (χ2n) is 12.2. The number of rotatable bonds is 4. The lowest BCUT2D eigenvalue weighted by Gasteiger charge is -2.67. The molecular weight excluding hydrogens is 480 g/mol. The minimum Gasteiger partial charge on any atom is -0.462 e. The van der Waals surface area contributed by atoms with Gasteiger partial charge in [-0.3, -0.25) is 24.0 Å². The molecule has 9 nitrogen and oxygen atoms in total. The maximum atomic E-state index is 14.3. The van der Waals surface area contributed by atoms with Crippen molar-refractivity contribution < 1.29 is 42.9 Å². The number of ketones is 1. The molecule has 9 heteroatoms. The zero-order valence-corrected chi connectivity index (χ0v) is 22.8. The van der Waals surface area contributed by atoms with Crippen LogP contribution in [0.2, 0.25) is 0 Å². The van der Waals surface area contributed by atoms with E-state index in [-0.39, 0.29) is 29.1 Å². The van der Waals surface area contributed by atoms with Crippen molar-refractivity contribution in [1.29, 1.82) is 0 Å². The predicted molar refractivity (Wildman–Crippen MR) is 130 cm³/mol. The molecule has 4 saturated carbocycles. The summed E-state index contributed by atoms with van der Waals surface area (Å²) in [7, 11) is 0. The molecule has 0 amide bonds. The largest absolute Gasteiger partial charge is 0.462 e. The Bertz CT molecular complexity index is 1060. The number of hydrogen-bond acceptors (Lipinski definition) is 9. The summed E-state index contributed by atoms with van der Waals surface area (Å²) in [5.74, 6) is -3.98. The van der Waals surface area contributed by atoms with Crippen molar-refractivity contribution in [1.82, 2.24) is 0 Å². The van der Waals surface area contributed by atoms with Crippen molar-refractivity contribution in [3.8, 4) is 0 Å². The number of hydrogen-bond donors (Lipinski definition) is 0. The van der Waals surface area contributed by atoms with Crippen LogP contribution in [0.25, 0.3) is 0 Å². The number of carbonyl (C=O) groups is 5. The van der Waals surface area contributed by atoms with E-state index in [1.165, 1.54) is 27.7 Å². The van der Waals surface area contributed by atoms with Gasteiger partial charge in [-0.1, -0.05) is 27.4 Å². The van der Waals surface area contributed by atoms with E-state index < -0.39 is 71.0 Å². The second-order valence-corrected chi connectivity index (χ2v) is 12.2. The summed E-state index contributed by atoms with van der Waals surface area (Å²) in [6.45, 7) is 15.5. The fourth-order valence-corrected chi connectivity index (χ4v) is 8.69. The molecule has 0 N–H and O–H groups in total. The Morgan fingerprint density at radius 1 is 0.811 bits per heavy atom. The third-order valence-electron chi connectivity index (χ3n) is 9.66. The van der Waals surface area contributed by atoms with Gasteiger partial charge in [0.25, 0.3) is 0 Å². The number of carbonyl (C=O) groups excluding carboxylic acids is 5. The van der Waals surface area contributed by atoms with Crippen LogP contribution in [0.1, 0.15) is 74.1 Å². The van der Waals surface area contributed by atoms with Gasteiger partial charge in [0, 0.05) is 44.9 Å². The zero-order valence-electron chi connectivity index (χ0n) is 22.8. The van der Waals surface area contributed by atoms with Gasteiger partial charge >= 0.3 is 23.9 Å². The van der Waals surface area contributed by atoms with Gasteiger partial charge in [0.1, 0.15) is 29.8 Å². The second kappa shape index (κ2) is 8.95. The van der Waals surface area contributed by atoms with Gasteiger partial charge in [-0.05, 0) is 42.6 Å². The highest BCUT2D eigenvalue weighted by atomic mass is 16.6. The number of ether oxygens (including phenoxy) is 4. The van der Waals surface area contributed by atoms with Crippen LogP contribution >= 0.6 is 0 Å². The van der Waals surface area contributed by atoms with Crippen LogP contribution < -0.4 is 0 Å². The van der Waals surface area contributed by atoms with E-state index in [1.54, 1.807) is 0 Å². The van der Waals surface area contributed by atoms with Gasteiger partial charge in [0.05, 0.1) is 0 Å². The Hall–Kier alpha value is -2.71. The molecule has 37 heavy (non-hydrogen) atoms. The van der Waals surface area contributed by atoms with Crippen molar-refractivity contribution in [2.75, 3.05) is 0 Å².